The van der Waals surface area contributed by atoms with Crippen molar-refractivity contribution in [3.05, 3.63) is 29.1 Å². The number of aryl methyl sites for hydroxylation is 1. The van der Waals surface area contributed by atoms with Crippen LogP contribution in [0.1, 0.15) is 22.8 Å². The number of hydrogen-bond donors (Lipinski definition) is 0. The normalized spacial score (nSPS) is 17.0. The molecule has 98 valence electrons. The Labute approximate surface area is 107 Å². The van der Waals surface area contributed by atoms with Gasteiger partial charge in [-0.25, -0.2) is 4.39 Å². The van der Waals surface area contributed by atoms with Crippen molar-refractivity contribution in [2.45, 2.75) is 13.8 Å². The van der Waals surface area contributed by atoms with Crippen molar-refractivity contribution >= 4 is 11.5 Å². The zero-order valence-electron chi connectivity index (χ0n) is 11.2. The van der Waals surface area contributed by atoms with Gasteiger partial charge in [0.05, 0.1) is 0 Å². The molecule has 0 saturated carbocycles. The highest BCUT2D eigenvalue weighted by atomic mass is 19.1. The van der Waals surface area contributed by atoms with E-state index >= 15 is 0 Å². The van der Waals surface area contributed by atoms with Crippen LogP contribution in [0.2, 0.25) is 0 Å². The van der Waals surface area contributed by atoms with Crippen molar-refractivity contribution in [3.8, 4) is 0 Å². The summed E-state index contributed by atoms with van der Waals surface area (Å²) in [6.45, 7) is 6.91. The number of Topliss-reactive ketones (excluding diaryl/α,β-unsaturated/α-hetero) is 1. The number of benzene rings is 1. The van der Waals surface area contributed by atoms with Crippen molar-refractivity contribution in [3.63, 3.8) is 0 Å². The van der Waals surface area contributed by atoms with E-state index in [-0.39, 0.29) is 11.6 Å². The van der Waals surface area contributed by atoms with Gasteiger partial charge in [-0.3, -0.25) is 4.79 Å². The smallest absolute Gasteiger partial charge is 0.161 e. The molecule has 1 aliphatic heterocycles. The fourth-order valence-electron chi connectivity index (χ4n) is 2.26. The standard InChI is InChI=1S/C14H19FN2O/c1-10-8-14(12(11(2)18)9-13(10)15)17-6-4-16(3)5-7-17/h8-9H,4-7H2,1-3H3. The predicted molar refractivity (Wildman–Crippen MR) is 70.9 cm³/mol. The molecule has 0 unspecified atom stereocenters. The number of ketones is 1. The van der Waals surface area contributed by atoms with Gasteiger partial charge >= 0.3 is 0 Å². The van der Waals surface area contributed by atoms with Gasteiger partial charge in [-0.15, -0.1) is 0 Å². The molecule has 0 spiro atoms. The Kier molecular flexibility index (Phi) is 3.66. The first kappa shape index (κ1) is 13.0. The lowest BCUT2D eigenvalue weighted by Crippen LogP contribution is -2.45. The first-order valence-electron chi connectivity index (χ1n) is 6.23. The Morgan fingerprint density at radius 3 is 2.39 bits per heavy atom. The SMILES string of the molecule is CC(=O)c1cc(F)c(C)cc1N1CCN(C)CC1. The van der Waals surface area contributed by atoms with E-state index in [1.807, 2.05) is 0 Å². The van der Waals surface area contributed by atoms with E-state index in [1.165, 1.54) is 13.0 Å². The Hall–Kier alpha value is -1.42. The highest BCUT2D eigenvalue weighted by Gasteiger charge is 2.20. The van der Waals surface area contributed by atoms with Gasteiger partial charge in [0.15, 0.2) is 5.78 Å². The predicted octanol–water partition coefficient (Wildman–Crippen LogP) is 2.09. The Morgan fingerprint density at radius 1 is 1.22 bits per heavy atom. The minimum absolute atomic E-state index is 0.0807. The molecule has 0 atom stereocenters. The number of carbonyl (C=O) groups excluding carboxylic acids is 1. The zero-order valence-corrected chi connectivity index (χ0v) is 11.2. The van der Waals surface area contributed by atoms with Crippen molar-refractivity contribution in [1.29, 1.82) is 0 Å². The van der Waals surface area contributed by atoms with Crippen molar-refractivity contribution in [2.75, 3.05) is 38.1 Å². The monoisotopic (exact) mass is 250 g/mol. The molecule has 0 amide bonds. The van der Waals surface area contributed by atoms with Gasteiger partial charge < -0.3 is 9.80 Å². The minimum Gasteiger partial charge on any atom is -0.368 e. The number of hydrogen-bond acceptors (Lipinski definition) is 3. The first-order valence-corrected chi connectivity index (χ1v) is 6.23. The minimum atomic E-state index is -0.307. The molecule has 1 fully saturated rings. The molecular formula is C14H19FN2O. The number of piperazine rings is 1. The van der Waals surface area contributed by atoms with Gasteiger partial charge in [-0.2, -0.15) is 0 Å². The van der Waals surface area contributed by atoms with Crippen LogP contribution in [0.5, 0.6) is 0 Å². The van der Waals surface area contributed by atoms with Crippen LogP contribution in [0.15, 0.2) is 12.1 Å². The summed E-state index contributed by atoms with van der Waals surface area (Å²) in [5.74, 6) is -0.388. The van der Waals surface area contributed by atoms with Crippen LogP contribution >= 0.6 is 0 Å². The number of rotatable bonds is 2. The van der Waals surface area contributed by atoms with E-state index < -0.39 is 0 Å². The summed E-state index contributed by atoms with van der Waals surface area (Å²) in [6, 6.07) is 3.16. The molecule has 18 heavy (non-hydrogen) atoms. The highest BCUT2D eigenvalue weighted by molar-refractivity contribution is 6.00. The second-order valence-corrected chi connectivity index (χ2v) is 4.97. The van der Waals surface area contributed by atoms with E-state index in [1.54, 1.807) is 13.0 Å². The van der Waals surface area contributed by atoms with E-state index in [2.05, 4.69) is 16.8 Å². The highest BCUT2D eigenvalue weighted by Crippen LogP contribution is 2.25. The molecule has 0 radical (unpaired) electrons. The lowest BCUT2D eigenvalue weighted by atomic mass is 10.0. The van der Waals surface area contributed by atoms with Crippen molar-refractivity contribution < 1.29 is 9.18 Å². The quantitative estimate of drug-likeness (QED) is 0.751. The maximum Gasteiger partial charge on any atom is 0.161 e. The maximum atomic E-state index is 13.6. The molecule has 4 heteroatoms. The average molecular weight is 250 g/mol. The molecule has 2 rings (SSSR count). The average Bonchev–Trinajstić information content (AvgIpc) is 2.33. The molecule has 3 nitrogen and oxygen atoms in total. The summed E-state index contributed by atoms with van der Waals surface area (Å²) < 4.78 is 13.6. The molecule has 0 aliphatic carbocycles. The second kappa shape index (κ2) is 5.06. The lowest BCUT2D eigenvalue weighted by molar-refractivity contribution is 0.101. The summed E-state index contributed by atoms with van der Waals surface area (Å²) in [4.78, 5) is 16.1. The van der Waals surface area contributed by atoms with Gasteiger partial charge in [-0.1, -0.05) is 0 Å². The Balaban J connectivity index is 2.36. The molecule has 1 aliphatic rings. The third kappa shape index (κ3) is 2.53. The number of anilines is 1. The molecule has 0 aromatic heterocycles. The molecule has 1 aromatic carbocycles. The van der Waals surface area contributed by atoms with Crippen LogP contribution in [-0.4, -0.2) is 43.9 Å². The lowest BCUT2D eigenvalue weighted by Gasteiger charge is -2.35. The zero-order chi connectivity index (χ0) is 13.3. The van der Waals surface area contributed by atoms with E-state index in [0.717, 1.165) is 31.9 Å². The fourth-order valence-corrected chi connectivity index (χ4v) is 2.26. The van der Waals surface area contributed by atoms with Crippen LogP contribution in [0.25, 0.3) is 0 Å². The van der Waals surface area contributed by atoms with Gasteiger partial charge in [0, 0.05) is 37.4 Å². The van der Waals surface area contributed by atoms with Crippen molar-refractivity contribution in [1.82, 2.24) is 4.90 Å². The fraction of sp³-hybridized carbons (Fsp3) is 0.500. The molecule has 1 saturated heterocycles. The Morgan fingerprint density at radius 2 is 1.83 bits per heavy atom. The molecule has 0 N–H and O–H groups in total. The number of halogens is 1. The number of nitrogens with zero attached hydrogens (tertiary/aromatic N) is 2. The van der Waals surface area contributed by atoms with Gasteiger partial charge in [-0.05, 0) is 38.6 Å². The Bertz CT molecular complexity index is 465. The summed E-state index contributed by atoms with van der Waals surface area (Å²) in [5, 5.41) is 0. The van der Waals surface area contributed by atoms with E-state index in [0.29, 0.717) is 11.1 Å². The van der Waals surface area contributed by atoms with E-state index in [9.17, 15) is 9.18 Å². The largest absolute Gasteiger partial charge is 0.368 e. The topological polar surface area (TPSA) is 23.6 Å². The van der Waals surface area contributed by atoms with Crippen LogP contribution in [0.4, 0.5) is 10.1 Å². The second-order valence-electron chi connectivity index (χ2n) is 4.97. The summed E-state index contributed by atoms with van der Waals surface area (Å²) >= 11 is 0. The number of carbonyl (C=O) groups is 1. The first-order chi connectivity index (χ1) is 8.49. The van der Waals surface area contributed by atoms with Crippen LogP contribution in [0.3, 0.4) is 0 Å². The molecule has 0 bridgehead atoms. The van der Waals surface area contributed by atoms with Gasteiger partial charge in [0.2, 0.25) is 0 Å². The summed E-state index contributed by atoms with van der Waals surface area (Å²) in [6.07, 6.45) is 0. The number of likely N-dealkylation sites (N-methyl/N-ethyl adjacent to an activating group) is 1. The van der Waals surface area contributed by atoms with Crippen LogP contribution in [-0.2, 0) is 0 Å². The summed E-state index contributed by atoms with van der Waals surface area (Å²) in [5.41, 5.74) is 1.95. The molecule has 1 heterocycles. The third-order valence-electron chi connectivity index (χ3n) is 3.50. The van der Waals surface area contributed by atoms with Crippen LogP contribution in [0, 0.1) is 12.7 Å². The molecular weight excluding hydrogens is 231 g/mol. The van der Waals surface area contributed by atoms with Gasteiger partial charge in [0.1, 0.15) is 5.82 Å². The summed E-state index contributed by atoms with van der Waals surface area (Å²) in [7, 11) is 2.08. The van der Waals surface area contributed by atoms with E-state index in [4.69, 9.17) is 0 Å². The molecule has 1 aromatic rings. The van der Waals surface area contributed by atoms with Crippen molar-refractivity contribution in [2.24, 2.45) is 0 Å². The third-order valence-corrected chi connectivity index (χ3v) is 3.50. The van der Waals surface area contributed by atoms with Gasteiger partial charge in [0.25, 0.3) is 0 Å². The van der Waals surface area contributed by atoms with Crippen LogP contribution < -0.4 is 4.90 Å². The maximum absolute atomic E-state index is 13.6.